The molecule has 2 aromatic carbocycles. The number of hydrogen-bond acceptors (Lipinski definition) is 4. The standard InChI is InChI=1S/C20H18F3NO2S/c1-25-18-9-14(8-15-16-11-24-6-5-17(16)26-19(15)18)27-13-4-2-3-12(7-13)10-20(21,22)23/h2-4,7-9,24H,5-6,10-11H2,1H3. The molecule has 0 spiro atoms. The topological polar surface area (TPSA) is 34.4 Å². The van der Waals surface area contributed by atoms with Gasteiger partial charge in [0.1, 0.15) is 5.76 Å². The van der Waals surface area contributed by atoms with Crippen molar-refractivity contribution in [2.45, 2.75) is 35.4 Å². The number of alkyl halides is 3. The fourth-order valence-electron chi connectivity index (χ4n) is 3.35. The highest BCUT2D eigenvalue weighted by atomic mass is 32.2. The molecule has 0 amide bonds. The second-order valence-corrected chi connectivity index (χ2v) is 7.62. The van der Waals surface area contributed by atoms with Crippen molar-refractivity contribution in [2.24, 2.45) is 0 Å². The van der Waals surface area contributed by atoms with Crippen LogP contribution in [0.5, 0.6) is 5.75 Å². The molecule has 4 rings (SSSR count). The summed E-state index contributed by atoms with van der Waals surface area (Å²) >= 11 is 1.42. The van der Waals surface area contributed by atoms with E-state index in [2.05, 4.69) is 5.32 Å². The lowest BCUT2D eigenvalue weighted by atomic mass is 10.1. The van der Waals surface area contributed by atoms with Gasteiger partial charge >= 0.3 is 6.18 Å². The minimum atomic E-state index is -4.21. The summed E-state index contributed by atoms with van der Waals surface area (Å²) in [4.78, 5) is 1.66. The highest BCUT2D eigenvalue weighted by molar-refractivity contribution is 7.99. The van der Waals surface area contributed by atoms with Gasteiger partial charge in [-0.15, -0.1) is 0 Å². The quantitative estimate of drug-likeness (QED) is 0.649. The second kappa shape index (κ2) is 7.13. The average Bonchev–Trinajstić information content (AvgIpc) is 2.99. The third-order valence-electron chi connectivity index (χ3n) is 4.50. The van der Waals surface area contributed by atoms with E-state index in [0.29, 0.717) is 5.75 Å². The number of rotatable bonds is 4. The molecule has 1 N–H and O–H groups in total. The zero-order chi connectivity index (χ0) is 19.0. The normalized spacial score (nSPS) is 14.4. The van der Waals surface area contributed by atoms with Gasteiger partial charge in [-0.1, -0.05) is 23.9 Å². The molecule has 0 unspecified atom stereocenters. The summed E-state index contributed by atoms with van der Waals surface area (Å²) in [7, 11) is 1.59. The van der Waals surface area contributed by atoms with E-state index < -0.39 is 12.6 Å². The molecule has 3 aromatic rings. The van der Waals surface area contributed by atoms with Gasteiger partial charge in [0, 0.05) is 40.3 Å². The Morgan fingerprint density at radius 3 is 2.81 bits per heavy atom. The van der Waals surface area contributed by atoms with Crippen LogP contribution in [0.25, 0.3) is 11.0 Å². The molecule has 2 heterocycles. The first kappa shape index (κ1) is 18.3. The molecule has 0 saturated carbocycles. The monoisotopic (exact) mass is 393 g/mol. The molecule has 0 atom stereocenters. The molecule has 3 nitrogen and oxygen atoms in total. The Balaban J connectivity index is 1.69. The van der Waals surface area contributed by atoms with Gasteiger partial charge in [0.15, 0.2) is 11.3 Å². The minimum Gasteiger partial charge on any atom is -0.493 e. The van der Waals surface area contributed by atoms with Gasteiger partial charge < -0.3 is 14.5 Å². The molecule has 0 aliphatic carbocycles. The first-order chi connectivity index (χ1) is 12.9. The fraction of sp³-hybridized carbons (Fsp3) is 0.300. The van der Waals surface area contributed by atoms with Crippen LogP contribution in [-0.2, 0) is 19.4 Å². The van der Waals surface area contributed by atoms with Gasteiger partial charge in [-0.05, 0) is 29.8 Å². The summed E-state index contributed by atoms with van der Waals surface area (Å²) in [6.45, 7) is 1.61. The van der Waals surface area contributed by atoms with Crippen LogP contribution < -0.4 is 10.1 Å². The van der Waals surface area contributed by atoms with E-state index in [-0.39, 0.29) is 5.56 Å². The van der Waals surface area contributed by atoms with E-state index in [0.717, 1.165) is 51.6 Å². The van der Waals surface area contributed by atoms with E-state index >= 15 is 0 Å². The SMILES string of the molecule is COc1cc(Sc2cccc(CC(F)(F)F)c2)cc2c3c(oc12)CCNC3. The van der Waals surface area contributed by atoms with Crippen LogP contribution in [0.1, 0.15) is 16.9 Å². The second-order valence-electron chi connectivity index (χ2n) is 6.47. The summed E-state index contributed by atoms with van der Waals surface area (Å²) in [5.74, 6) is 1.60. The Kier molecular flexibility index (Phi) is 4.82. The van der Waals surface area contributed by atoms with Gasteiger partial charge in [-0.3, -0.25) is 0 Å². The lowest BCUT2D eigenvalue weighted by Crippen LogP contribution is -2.22. The zero-order valence-electron chi connectivity index (χ0n) is 14.7. The van der Waals surface area contributed by atoms with Crippen LogP contribution >= 0.6 is 11.8 Å². The third kappa shape index (κ3) is 3.94. The molecule has 0 fully saturated rings. The van der Waals surface area contributed by atoms with Crippen molar-refractivity contribution in [3.05, 3.63) is 53.3 Å². The van der Waals surface area contributed by atoms with Crippen LogP contribution in [0, 0.1) is 0 Å². The smallest absolute Gasteiger partial charge is 0.393 e. The number of furan rings is 1. The molecule has 0 bridgehead atoms. The number of nitrogens with one attached hydrogen (secondary N) is 1. The van der Waals surface area contributed by atoms with Crippen molar-refractivity contribution < 1.29 is 22.3 Å². The van der Waals surface area contributed by atoms with Crippen LogP contribution in [0.4, 0.5) is 13.2 Å². The van der Waals surface area contributed by atoms with E-state index in [9.17, 15) is 13.2 Å². The maximum absolute atomic E-state index is 12.7. The molecule has 7 heteroatoms. The molecule has 0 saturated heterocycles. The van der Waals surface area contributed by atoms with E-state index in [1.54, 1.807) is 19.2 Å². The zero-order valence-corrected chi connectivity index (χ0v) is 15.5. The summed E-state index contributed by atoms with van der Waals surface area (Å²) in [6, 6.07) is 10.4. The Morgan fingerprint density at radius 2 is 2.04 bits per heavy atom. The third-order valence-corrected chi connectivity index (χ3v) is 5.47. The van der Waals surface area contributed by atoms with E-state index in [4.69, 9.17) is 9.15 Å². The van der Waals surface area contributed by atoms with Crippen LogP contribution in [0.15, 0.2) is 50.6 Å². The van der Waals surface area contributed by atoms with Crippen molar-refractivity contribution in [1.29, 1.82) is 0 Å². The number of hydrogen-bond donors (Lipinski definition) is 1. The van der Waals surface area contributed by atoms with Crippen molar-refractivity contribution in [1.82, 2.24) is 5.32 Å². The minimum absolute atomic E-state index is 0.255. The highest BCUT2D eigenvalue weighted by Gasteiger charge is 2.27. The Morgan fingerprint density at radius 1 is 1.19 bits per heavy atom. The van der Waals surface area contributed by atoms with E-state index in [1.807, 2.05) is 18.2 Å². The molecular weight excluding hydrogens is 375 g/mol. The summed E-state index contributed by atoms with van der Waals surface area (Å²) in [5, 5.41) is 4.33. The van der Waals surface area contributed by atoms with Gasteiger partial charge in [0.2, 0.25) is 0 Å². The molecule has 142 valence electrons. The summed E-state index contributed by atoms with van der Waals surface area (Å²) < 4.78 is 49.5. The van der Waals surface area contributed by atoms with Gasteiger partial charge in [0.25, 0.3) is 0 Å². The average molecular weight is 393 g/mol. The molecule has 0 radical (unpaired) electrons. The highest BCUT2D eigenvalue weighted by Crippen LogP contribution is 2.40. The maximum atomic E-state index is 12.7. The lowest BCUT2D eigenvalue weighted by molar-refractivity contribution is -0.127. The molecule has 27 heavy (non-hydrogen) atoms. The molecule has 1 aliphatic rings. The Hall–Kier alpha value is -2.12. The Labute approximate surface area is 158 Å². The predicted octanol–water partition coefficient (Wildman–Crippen LogP) is 5.34. The number of ether oxygens (including phenoxy) is 1. The number of methoxy groups -OCH3 is 1. The van der Waals surface area contributed by atoms with Gasteiger partial charge in [0.05, 0.1) is 13.5 Å². The van der Waals surface area contributed by atoms with Crippen molar-refractivity contribution in [2.75, 3.05) is 13.7 Å². The van der Waals surface area contributed by atoms with Crippen molar-refractivity contribution in [3.63, 3.8) is 0 Å². The number of benzene rings is 2. The Bertz CT molecular complexity index is 981. The number of fused-ring (bicyclic) bond motifs is 3. The van der Waals surface area contributed by atoms with Crippen LogP contribution in [0.2, 0.25) is 0 Å². The largest absolute Gasteiger partial charge is 0.493 e. The van der Waals surface area contributed by atoms with Gasteiger partial charge in [-0.25, -0.2) is 0 Å². The van der Waals surface area contributed by atoms with Gasteiger partial charge in [-0.2, -0.15) is 13.2 Å². The predicted molar refractivity (Wildman–Crippen MR) is 98.5 cm³/mol. The molecular formula is C20H18F3NO2S. The fourth-order valence-corrected chi connectivity index (χ4v) is 4.32. The first-order valence-corrected chi connectivity index (χ1v) is 9.41. The summed E-state index contributed by atoms with van der Waals surface area (Å²) in [6.07, 6.45) is -4.31. The number of halogens is 3. The van der Waals surface area contributed by atoms with Crippen molar-refractivity contribution in [3.8, 4) is 5.75 Å². The first-order valence-electron chi connectivity index (χ1n) is 8.59. The van der Waals surface area contributed by atoms with Crippen LogP contribution in [0.3, 0.4) is 0 Å². The van der Waals surface area contributed by atoms with Crippen molar-refractivity contribution >= 4 is 22.7 Å². The van der Waals surface area contributed by atoms with Crippen LogP contribution in [-0.4, -0.2) is 19.8 Å². The summed E-state index contributed by atoms with van der Waals surface area (Å²) in [5.41, 5.74) is 2.11. The maximum Gasteiger partial charge on any atom is 0.393 e. The molecule has 1 aromatic heterocycles. The van der Waals surface area contributed by atoms with E-state index in [1.165, 1.54) is 17.8 Å². The molecule has 1 aliphatic heterocycles. The lowest BCUT2D eigenvalue weighted by Gasteiger charge is -2.11.